The van der Waals surface area contributed by atoms with Crippen LogP contribution in [0.3, 0.4) is 0 Å². The summed E-state index contributed by atoms with van der Waals surface area (Å²) in [5.41, 5.74) is 11.4. The zero-order valence-corrected chi connectivity index (χ0v) is 16.7. The molecule has 3 aromatic carbocycles. The van der Waals surface area contributed by atoms with Gasteiger partial charge in [-0.25, -0.2) is 4.98 Å². The maximum Gasteiger partial charge on any atom is 0.249 e. The second-order valence-corrected chi connectivity index (χ2v) is 7.26. The summed E-state index contributed by atoms with van der Waals surface area (Å²) in [4.78, 5) is 17.5. The molecule has 1 atom stereocenters. The summed E-state index contributed by atoms with van der Waals surface area (Å²) in [6.45, 7) is 1.88. The smallest absolute Gasteiger partial charge is 0.249 e. The van der Waals surface area contributed by atoms with Crippen LogP contribution in [0.15, 0.2) is 78.9 Å². The molecule has 4 rings (SSSR count). The van der Waals surface area contributed by atoms with E-state index in [1.807, 2.05) is 85.8 Å². The van der Waals surface area contributed by atoms with Gasteiger partial charge in [-0.15, -0.1) is 0 Å². The number of nitrogens with zero attached hydrogens (tertiary/aromatic N) is 2. The molecule has 146 valence electrons. The Morgan fingerprint density at radius 2 is 1.67 bits per heavy atom. The van der Waals surface area contributed by atoms with E-state index in [9.17, 15) is 10.1 Å². The van der Waals surface area contributed by atoms with Crippen LogP contribution in [0.5, 0.6) is 0 Å². The monoisotopic (exact) mass is 391 g/mol. The average molecular weight is 391 g/mol. The first-order valence-electron chi connectivity index (χ1n) is 9.82. The fourth-order valence-electron chi connectivity index (χ4n) is 4.09. The number of hydrogen-bond acceptors (Lipinski definition) is 3. The van der Waals surface area contributed by atoms with Crippen LogP contribution in [0.1, 0.15) is 39.4 Å². The van der Waals surface area contributed by atoms with Gasteiger partial charge >= 0.3 is 0 Å². The largest absolute Gasteiger partial charge is 0.366 e. The van der Waals surface area contributed by atoms with Gasteiger partial charge in [-0.2, -0.15) is 5.26 Å². The van der Waals surface area contributed by atoms with E-state index in [1.165, 1.54) is 0 Å². The molecule has 0 bridgehead atoms. The summed E-state index contributed by atoms with van der Waals surface area (Å²) in [7, 11) is 0. The van der Waals surface area contributed by atoms with E-state index in [1.54, 1.807) is 0 Å². The normalized spacial score (nSPS) is 11.7. The molecule has 0 saturated carbocycles. The molecule has 30 heavy (non-hydrogen) atoms. The van der Waals surface area contributed by atoms with Crippen molar-refractivity contribution in [3.05, 3.63) is 101 Å². The Kier molecular flexibility index (Phi) is 5.28. The maximum atomic E-state index is 12.6. The minimum absolute atomic E-state index is 0.179. The van der Waals surface area contributed by atoms with Gasteiger partial charge in [-0.05, 0) is 29.7 Å². The van der Waals surface area contributed by atoms with Gasteiger partial charge in [-0.3, -0.25) is 4.79 Å². The Hall–Kier alpha value is -3.97. The lowest BCUT2D eigenvalue weighted by Gasteiger charge is -2.20. The Morgan fingerprint density at radius 3 is 2.30 bits per heavy atom. The summed E-state index contributed by atoms with van der Waals surface area (Å²) in [6.07, 6.45) is 0.292. The van der Waals surface area contributed by atoms with E-state index in [2.05, 4.69) is 6.07 Å². The van der Waals surface area contributed by atoms with Gasteiger partial charge in [0.25, 0.3) is 0 Å². The third kappa shape index (κ3) is 3.42. The fraction of sp³-hybridized carbons (Fsp3) is 0.115. The lowest BCUT2D eigenvalue weighted by Crippen LogP contribution is -2.16. The second-order valence-electron chi connectivity index (χ2n) is 7.26. The minimum Gasteiger partial charge on any atom is -0.366 e. The van der Waals surface area contributed by atoms with Crippen molar-refractivity contribution in [3.63, 3.8) is 0 Å². The quantitative estimate of drug-likeness (QED) is 0.498. The summed E-state index contributed by atoms with van der Waals surface area (Å²) >= 11 is 0. The summed E-state index contributed by atoms with van der Waals surface area (Å²) in [6, 6.07) is 27.7. The van der Waals surface area contributed by atoms with E-state index in [-0.39, 0.29) is 5.92 Å². The van der Waals surface area contributed by atoms with Crippen LogP contribution in [-0.2, 0) is 0 Å². The van der Waals surface area contributed by atoms with Gasteiger partial charge in [0.1, 0.15) is 0 Å². The third-order valence-corrected chi connectivity index (χ3v) is 5.45. The summed E-state index contributed by atoms with van der Waals surface area (Å²) in [5.74, 6) is -0.671. The number of carbonyl (C=O) groups excluding carboxylic acids is 1. The molecule has 1 heterocycles. The molecule has 2 N–H and O–H groups in total. The van der Waals surface area contributed by atoms with Crippen LogP contribution in [0, 0.1) is 18.3 Å². The Balaban J connectivity index is 2.05. The SMILES string of the molecule is Cc1c(-c2ccccc2)nc2cccc([C@@H](CC#N)c3ccccc3)c2c1C(N)=O. The Labute approximate surface area is 175 Å². The number of nitriles is 1. The molecule has 4 heteroatoms. The van der Waals surface area contributed by atoms with Crippen molar-refractivity contribution in [2.24, 2.45) is 5.73 Å². The van der Waals surface area contributed by atoms with Crippen molar-refractivity contribution in [1.82, 2.24) is 4.98 Å². The molecule has 0 aliphatic heterocycles. The molecular formula is C26H21N3O. The predicted molar refractivity (Wildman–Crippen MR) is 119 cm³/mol. The van der Waals surface area contributed by atoms with Crippen molar-refractivity contribution in [2.45, 2.75) is 19.3 Å². The molecule has 0 spiro atoms. The van der Waals surface area contributed by atoms with Crippen LogP contribution >= 0.6 is 0 Å². The fourth-order valence-corrected chi connectivity index (χ4v) is 4.09. The number of benzene rings is 3. The number of aromatic nitrogens is 1. The first-order valence-corrected chi connectivity index (χ1v) is 9.82. The zero-order valence-electron chi connectivity index (χ0n) is 16.7. The van der Waals surface area contributed by atoms with E-state index < -0.39 is 5.91 Å². The van der Waals surface area contributed by atoms with Crippen LogP contribution in [0.4, 0.5) is 0 Å². The van der Waals surface area contributed by atoms with Gasteiger partial charge in [0.05, 0.1) is 22.8 Å². The number of carbonyl (C=O) groups is 1. The molecule has 4 aromatic rings. The molecule has 0 saturated heterocycles. The van der Waals surface area contributed by atoms with Gasteiger partial charge < -0.3 is 5.73 Å². The van der Waals surface area contributed by atoms with E-state index >= 15 is 0 Å². The van der Waals surface area contributed by atoms with Crippen LogP contribution < -0.4 is 5.73 Å². The number of rotatable bonds is 5. The molecular weight excluding hydrogens is 370 g/mol. The van der Waals surface area contributed by atoms with E-state index in [0.29, 0.717) is 17.5 Å². The summed E-state index contributed by atoms with van der Waals surface area (Å²) < 4.78 is 0. The van der Waals surface area contributed by atoms with Crippen molar-refractivity contribution in [2.75, 3.05) is 0 Å². The number of primary amides is 1. The molecule has 4 nitrogen and oxygen atoms in total. The average Bonchev–Trinajstić information content (AvgIpc) is 2.78. The first-order chi connectivity index (χ1) is 14.6. The molecule has 0 unspecified atom stereocenters. The molecule has 0 aliphatic rings. The van der Waals surface area contributed by atoms with E-state index in [0.717, 1.165) is 33.3 Å². The predicted octanol–water partition coefficient (Wildman–Crippen LogP) is 5.35. The zero-order chi connectivity index (χ0) is 21.1. The number of amides is 1. The minimum atomic E-state index is -0.492. The van der Waals surface area contributed by atoms with Crippen molar-refractivity contribution in [3.8, 4) is 17.3 Å². The van der Waals surface area contributed by atoms with Gasteiger partial charge in [0.2, 0.25) is 5.91 Å². The van der Waals surface area contributed by atoms with Gasteiger partial charge in [-0.1, -0.05) is 72.8 Å². The lowest BCUT2D eigenvalue weighted by atomic mass is 9.84. The first kappa shape index (κ1) is 19.4. The number of hydrogen-bond donors (Lipinski definition) is 1. The van der Waals surface area contributed by atoms with Crippen molar-refractivity contribution >= 4 is 16.8 Å². The standard InChI is InChI=1S/C26H21N3O/c1-17-23(26(28)30)24-21(20(15-16-27)18-9-4-2-5-10-18)13-8-14-22(24)29-25(17)19-11-6-3-7-12-19/h2-14,20H,15H2,1H3,(H2,28,30)/t20-/m0/s1. The highest BCUT2D eigenvalue weighted by atomic mass is 16.1. The maximum absolute atomic E-state index is 12.6. The molecule has 1 aromatic heterocycles. The topological polar surface area (TPSA) is 79.8 Å². The molecule has 0 fully saturated rings. The van der Waals surface area contributed by atoms with Crippen LogP contribution in [-0.4, -0.2) is 10.9 Å². The highest BCUT2D eigenvalue weighted by molar-refractivity contribution is 6.09. The van der Waals surface area contributed by atoms with Crippen LogP contribution in [0.2, 0.25) is 0 Å². The van der Waals surface area contributed by atoms with Crippen molar-refractivity contribution in [1.29, 1.82) is 5.26 Å². The van der Waals surface area contributed by atoms with Gasteiger partial charge in [0, 0.05) is 23.3 Å². The number of nitrogens with two attached hydrogens (primary N) is 1. The molecule has 1 amide bonds. The lowest BCUT2D eigenvalue weighted by molar-refractivity contribution is 0.100. The Bertz CT molecular complexity index is 1260. The Morgan fingerprint density at radius 1 is 1.00 bits per heavy atom. The molecule has 0 aliphatic carbocycles. The number of pyridine rings is 1. The van der Waals surface area contributed by atoms with E-state index in [4.69, 9.17) is 10.7 Å². The molecule has 0 radical (unpaired) electrons. The second kappa shape index (κ2) is 8.18. The van der Waals surface area contributed by atoms with Crippen LogP contribution in [0.25, 0.3) is 22.2 Å². The highest BCUT2D eigenvalue weighted by Gasteiger charge is 2.23. The summed E-state index contributed by atoms with van der Waals surface area (Å²) in [5, 5.41) is 10.2. The number of fused-ring (bicyclic) bond motifs is 1. The highest BCUT2D eigenvalue weighted by Crippen LogP contribution is 2.37. The third-order valence-electron chi connectivity index (χ3n) is 5.45. The van der Waals surface area contributed by atoms with Gasteiger partial charge in [0.15, 0.2) is 0 Å². The van der Waals surface area contributed by atoms with Crippen molar-refractivity contribution < 1.29 is 4.79 Å².